The van der Waals surface area contributed by atoms with Gasteiger partial charge in [0.05, 0.1) is 27.8 Å². The van der Waals surface area contributed by atoms with E-state index in [0.717, 1.165) is 39.1 Å². The summed E-state index contributed by atoms with van der Waals surface area (Å²) in [6, 6.07) is 16.1. The molecule has 128 valence electrons. The Kier molecular flexibility index (Phi) is 3.00. The molecule has 7 nitrogen and oxygen atoms in total. The highest BCUT2D eigenvalue weighted by Crippen LogP contribution is 2.31. The fraction of sp³-hybridized carbons (Fsp3) is 0.158. The van der Waals surface area contributed by atoms with Crippen molar-refractivity contribution in [3.8, 4) is 0 Å². The van der Waals surface area contributed by atoms with Crippen molar-refractivity contribution in [2.75, 3.05) is 0 Å². The van der Waals surface area contributed by atoms with E-state index in [1.807, 2.05) is 66.5 Å². The average Bonchev–Trinajstić information content (AvgIpc) is 3.25. The van der Waals surface area contributed by atoms with Gasteiger partial charge >= 0.3 is 0 Å². The van der Waals surface area contributed by atoms with Crippen LogP contribution in [0.25, 0.3) is 27.7 Å². The molecule has 3 aromatic heterocycles. The molecule has 0 radical (unpaired) electrons. The number of imidazole rings is 2. The topological polar surface area (TPSA) is 64.8 Å². The maximum absolute atomic E-state index is 4.65. The van der Waals surface area contributed by atoms with Gasteiger partial charge < -0.3 is 9.13 Å². The summed E-state index contributed by atoms with van der Waals surface area (Å²) in [7, 11) is 3.97. The smallest absolute Gasteiger partial charge is 0.250 e. The lowest BCUT2D eigenvalue weighted by Crippen LogP contribution is -1.87. The second-order valence-corrected chi connectivity index (χ2v) is 6.38. The van der Waals surface area contributed by atoms with E-state index in [2.05, 4.69) is 37.0 Å². The molecular weight excluding hydrogens is 326 g/mol. The van der Waals surface area contributed by atoms with E-state index in [4.69, 9.17) is 0 Å². The van der Waals surface area contributed by atoms with Crippen LogP contribution in [0.5, 0.6) is 0 Å². The molecule has 0 aliphatic heterocycles. The molecule has 0 atom stereocenters. The minimum Gasteiger partial charge on any atom is -0.326 e. The van der Waals surface area contributed by atoms with Gasteiger partial charge in [-0.15, -0.1) is 10.2 Å². The molecule has 0 saturated carbocycles. The Hall–Kier alpha value is -3.48. The molecule has 0 aliphatic carbocycles. The molecule has 0 amide bonds. The standard InChI is InChI=1S/C19H17N7/c1-12-17(18-24(2)15-10-6-7-11-16(15)26(18)23-12)21-22-19-20-13-8-4-5-9-14(13)25(19)3/h4-11H,1-3H3. The Bertz CT molecular complexity index is 1320. The second kappa shape index (κ2) is 5.26. The van der Waals surface area contributed by atoms with Crippen LogP contribution in [0.2, 0.25) is 0 Å². The van der Waals surface area contributed by atoms with Gasteiger partial charge in [0, 0.05) is 14.1 Å². The van der Waals surface area contributed by atoms with Crippen LogP contribution >= 0.6 is 0 Å². The van der Waals surface area contributed by atoms with Gasteiger partial charge in [-0.05, 0) is 31.2 Å². The van der Waals surface area contributed by atoms with Crippen LogP contribution in [0.4, 0.5) is 11.6 Å². The van der Waals surface area contributed by atoms with Crippen molar-refractivity contribution in [3.63, 3.8) is 0 Å². The average molecular weight is 343 g/mol. The van der Waals surface area contributed by atoms with Crippen molar-refractivity contribution in [1.82, 2.24) is 23.7 Å². The highest BCUT2D eigenvalue weighted by atomic mass is 15.3. The second-order valence-electron chi connectivity index (χ2n) is 6.38. The molecule has 3 heterocycles. The maximum Gasteiger partial charge on any atom is 0.250 e. The summed E-state index contributed by atoms with van der Waals surface area (Å²) in [5.74, 6) is 0.573. The van der Waals surface area contributed by atoms with E-state index < -0.39 is 0 Å². The fourth-order valence-corrected chi connectivity index (χ4v) is 3.45. The Morgan fingerprint density at radius 1 is 0.808 bits per heavy atom. The Balaban J connectivity index is 1.70. The van der Waals surface area contributed by atoms with Gasteiger partial charge in [0.25, 0.3) is 0 Å². The predicted molar refractivity (Wildman–Crippen MR) is 101 cm³/mol. The summed E-state index contributed by atoms with van der Waals surface area (Å²) in [5, 5.41) is 13.6. The van der Waals surface area contributed by atoms with Gasteiger partial charge in [-0.25, -0.2) is 9.50 Å². The minimum absolute atomic E-state index is 0.573. The lowest BCUT2D eigenvalue weighted by Gasteiger charge is -1.97. The molecule has 0 unspecified atom stereocenters. The zero-order valence-electron chi connectivity index (χ0n) is 14.7. The Morgan fingerprint density at radius 2 is 1.50 bits per heavy atom. The zero-order valence-corrected chi connectivity index (χ0v) is 14.7. The van der Waals surface area contributed by atoms with Gasteiger partial charge in [-0.2, -0.15) is 5.10 Å². The third kappa shape index (κ3) is 1.94. The number of rotatable bonds is 2. The molecule has 7 heteroatoms. The molecule has 5 rings (SSSR count). The van der Waals surface area contributed by atoms with E-state index in [0.29, 0.717) is 5.95 Å². The van der Waals surface area contributed by atoms with E-state index in [-0.39, 0.29) is 0 Å². The van der Waals surface area contributed by atoms with Crippen LogP contribution in [0.3, 0.4) is 0 Å². The third-order valence-corrected chi connectivity index (χ3v) is 4.80. The number of hydrogen-bond acceptors (Lipinski definition) is 4. The number of aryl methyl sites for hydroxylation is 3. The Morgan fingerprint density at radius 3 is 2.27 bits per heavy atom. The molecular formula is C19H17N7. The van der Waals surface area contributed by atoms with Crippen molar-refractivity contribution in [1.29, 1.82) is 0 Å². The predicted octanol–water partition coefficient (Wildman–Crippen LogP) is 4.44. The lowest BCUT2D eigenvalue weighted by molar-refractivity contribution is 0.919. The SMILES string of the molecule is Cc1nn2c3ccccc3n(C)c2c1N=Nc1nc2ccccc2n1C. The van der Waals surface area contributed by atoms with Crippen molar-refractivity contribution in [2.24, 2.45) is 24.3 Å². The van der Waals surface area contributed by atoms with Gasteiger partial charge in [0.15, 0.2) is 11.3 Å². The summed E-state index contributed by atoms with van der Waals surface area (Å²) in [6.45, 7) is 1.95. The minimum atomic E-state index is 0.573. The highest BCUT2D eigenvalue weighted by Gasteiger charge is 2.17. The van der Waals surface area contributed by atoms with E-state index >= 15 is 0 Å². The molecule has 0 aliphatic rings. The highest BCUT2D eigenvalue weighted by molar-refractivity contribution is 5.86. The number of azo groups is 1. The maximum atomic E-state index is 4.65. The molecule has 0 bridgehead atoms. The molecule has 26 heavy (non-hydrogen) atoms. The summed E-state index contributed by atoms with van der Waals surface area (Å²) in [5.41, 5.74) is 6.62. The molecule has 5 aromatic rings. The first-order valence-corrected chi connectivity index (χ1v) is 8.41. The fourth-order valence-electron chi connectivity index (χ4n) is 3.45. The van der Waals surface area contributed by atoms with Crippen LogP contribution in [0.15, 0.2) is 58.8 Å². The van der Waals surface area contributed by atoms with Gasteiger partial charge in [-0.1, -0.05) is 24.3 Å². The largest absolute Gasteiger partial charge is 0.326 e. The zero-order chi connectivity index (χ0) is 17.8. The van der Waals surface area contributed by atoms with Crippen LogP contribution in [-0.4, -0.2) is 23.7 Å². The van der Waals surface area contributed by atoms with E-state index in [1.54, 1.807) is 0 Å². The van der Waals surface area contributed by atoms with Gasteiger partial charge in [0.2, 0.25) is 5.95 Å². The molecule has 0 spiro atoms. The first-order chi connectivity index (χ1) is 12.6. The van der Waals surface area contributed by atoms with Crippen LogP contribution in [0.1, 0.15) is 5.69 Å². The monoisotopic (exact) mass is 343 g/mol. The molecule has 0 fully saturated rings. The van der Waals surface area contributed by atoms with Crippen molar-refractivity contribution in [3.05, 3.63) is 54.2 Å². The summed E-state index contributed by atoms with van der Waals surface area (Å²) in [4.78, 5) is 4.56. The van der Waals surface area contributed by atoms with Crippen molar-refractivity contribution >= 4 is 39.3 Å². The van der Waals surface area contributed by atoms with Gasteiger partial charge in [0.1, 0.15) is 0 Å². The van der Waals surface area contributed by atoms with Crippen LogP contribution in [-0.2, 0) is 14.1 Å². The lowest BCUT2D eigenvalue weighted by atomic mass is 10.3. The number of hydrogen-bond donors (Lipinski definition) is 0. The third-order valence-electron chi connectivity index (χ3n) is 4.80. The van der Waals surface area contributed by atoms with Crippen molar-refractivity contribution in [2.45, 2.75) is 6.92 Å². The molecule has 0 N–H and O–H groups in total. The summed E-state index contributed by atoms with van der Waals surface area (Å²) >= 11 is 0. The normalized spacial score (nSPS) is 12.3. The van der Waals surface area contributed by atoms with E-state index in [9.17, 15) is 0 Å². The Labute approximate surface area is 149 Å². The van der Waals surface area contributed by atoms with Gasteiger partial charge in [-0.3, -0.25) is 0 Å². The first-order valence-electron chi connectivity index (χ1n) is 8.41. The number of nitrogens with zero attached hydrogens (tertiary/aromatic N) is 7. The van der Waals surface area contributed by atoms with Crippen LogP contribution < -0.4 is 0 Å². The summed E-state index contributed by atoms with van der Waals surface area (Å²) < 4.78 is 5.96. The first kappa shape index (κ1) is 14.8. The number of para-hydroxylation sites is 4. The van der Waals surface area contributed by atoms with Crippen molar-refractivity contribution < 1.29 is 0 Å². The quantitative estimate of drug-likeness (QED) is 0.445. The molecule has 2 aromatic carbocycles. The number of benzene rings is 2. The van der Waals surface area contributed by atoms with Crippen LogP contribution in [0, 0.1) is 6.92 Å². The summed E-state index contributed by atoms with van der Waals surface area (Å²) in [6.07, 6.45) is 0. The number of fused-ring (bicyclic) bond motifs is 4. The number of aromatic nitrogens is 5. The molecule has 0 saturated heterocycles. The van der Waals surface area contributed by atoms with E-state index in [1.165, 1.54) is 0 Å².